The molecule has 1 unspecified atom stereocenters. The topological polar surface area (TPSA) is 59.1 Å². The van der Waals surface area contributed by atoms with Crippen LogP contribution < -0.4 is 4.72 Å². The Morgan fingerprint density at radius 1 is 1.39 bits per heavy atom. The average molecular weight is 291 g/mol. The molecule has 102 valence electrons. The molecular weight excluding hydrogens is 272 g/mol. The Hall–Kier alpha value is -0.650. The molecule has 0 aliphatic carbocycles. The smallest absolute Gasteiger partial charge is 0.242 e. The van der Waals surface area contributed by atoms with Crippen molar-refractivity contribution in [1.29, 1.82) is 0 Å². The fourth-order valence-corrected chi connectivity index (χ4v) is 3.29. The highest BCUT2D eigenvalue weighted by Crippen LogP contribution is 2.18. The Labute approximate surface area is 114 Å². The predicted octanol–water partition coefficient (Wildman–Crippen LogP) is 2.40. The summed E-state index contributed by atoms with van der Waals surface area (Å²) in [4.78, 5) is 3.96. The van der Waals surface area contributed by atoms with Crippen LogP contribution in [0.1, 0.15) is 26.7 Å². The van der Waals surface area contributed by atoms with Gasteiger partial charge in [0.25, 0.3) is 0 Å². The van der Waals surface area contributed by atoms with Crippen molar-refractivity contribution in [3.05, 3.63) is 24.5 Å². The number of hydrogen-bond acceptors (Lipinski definition) is 3. The highest BCUT2D eigenvalue weighted by Gasteiger charge is 2.20. The van der Waals surface area contributed by atoms with Crippen molar-refractivity contribution in [3.63, 3.8) is 0 Å². The van der Waals surface area contributed by atoms with Crippen LogP contribution in [0.5, 0.6) is 0 Å². The Kier molecular flexibility index (Phi) is 6.05. The maximum absolute atomic E-state index is 11.9. The molecule has 0 radical (unpaired) electrons. The fraction of sp³-hybridized carbons (Fsp3) is 0.583. The highest BCUT2D eigenvalue weighted by atomic mass is 35.5. The third-order valence-corrected chi connectivity index (χ3v) is 4.89. The lowest BCUT2D eigenvalue weighted by Crippen LogP contribution is -2.33. The minimum atomic E-state index is -3.50. The molecule has 0 saturated carbocycles. The molecule has 1 aromatic rings. The maximum atomic E-state index is 11.9. The number of aromatic nitrogens is 1. The zero-order valence-corrected chi connectivity index (χ0v) is 12.2. The lowest BCUT2D eigenvalue weighted by Gasteiger charge is -2.19. The normalized spacial score (nSPS) is 13.8. The summed E-state index contributed by atoms with van der Waals surface area (Å²) in [6, 6.07) is 3.10. The standard InChI is InChI=1S/C12H19ClN2O2S/c1-3-10(4-2)12(13)9-15-18(16,17)11-6-5-7-14-8-11/h5-8,10,12,15H,3-4,9H2,1-2H3. The van der Waals surface area contributed by atoms with Crippen LogP contribution in [0.15, 0.2) is 29.4 Å². The first-order valence-electron chi connectivity index (χ1n) is 6.05. The van der Waals surface area contributed by atoms with Crippen molar-refractivity contribution >= 4 is 21.6 Å². The lowest BCUT2D eigenvalue weighted by molar-refractivity contribution is 0.460. The number of alkyl halides is 1. The van der Waals surface area contributed by atoms with Gasteiger partial charge >= 0.3 is 0 Å². The van der Waals surface area contributed by atoms with E-state index in [4.69, 9.17) is 11.6 Å². The zero-order valence-electron chi connectivity index (χ0n) is 10.6. The van der Waals surface area contributed by atoms with E-state index in [2.05, 4.69) is 23.6 Å². The van der Waals surface area contributed by atoms with Gasteiger partial charge in [0.15, 0.2) is 0 Å². The van der Waals surface area contributed by atoms with Crippen LogP contribution in [0, 0.1) is 5.92 Å². The van der Waals surface area contributed by atoms with Crippen LogP contribution in [-0.4, -0.2) is 25.3 Å². The summed E-state index contributed by atoms with van der Waals surface area (Å²) in [5.41, 5.74) is 0. The molecule has 0 saturated heterocycles. The second kappa shape index (κ2) is 7.07. The number of rotatable bonds is 7. The van der Waals surface area contributed by atoms with E-state index in [-0.39, 0.29) is 16.8 Å². The Morgan fingerprint density at radius 2 is 2.06 bits per heavy atom. The van der Waals surface area contributed by atoms with Crippen LogP contribution in [0.4, 0.5) is 0 Å². The second-order valence-corrected chi connectivity index (χ2v) is 6.46. The van der Waals surface area contributed by atoms with Gasteiger partial charge < -0.3 is 0 Å². The van der Waals surface area contributed by atoms with Crippen molar-refractivity contribution in [2.24, 2.45) is 5.92 Å². The summed E-state index contributed by atoms with van der Waals surface area (Å²) in [7, 11) is -3.50. The van der Waals surface area contributed by atoms with E-state index >= 15 is 0 Å². The molecule has 0 aliphatic heterocycles. The predicted molar refractivity (Wildman–Crippen MR) is 73.1 cm³/mol. The Balaban J connectivity index is 2.63. The molecule has 0 amide bonds. The summed E-state index contributed by atoms with van der Waals surface area (Å²) in [6.45, 7) is 4.35. The van der Waals surface area contributed by atoms with Gasteiger partial charge in [-0.25, -0.2) is 13.1 Å². The van der Waals surface area contributed by atoms with Gasteiger partial charge in [0, 0.05) is 24.3 Å². The third-order valence-electron chi connectivity index (χ3n) is 2.97. The van der Waals surface area contributed by atoms with Crippen molar-refractivity contribution in [1.82, 2.24) is 9.71 Å². The molecule has 1 aromatic heterocycles. The van der Waals surface area contributed by atoms with Gasteiger partial charge in [-0.15, -0.1) is 11.6 Å². The summed E-state index contributed by atoms with van der Waals surface area (Å²) in [5.74, 6) is 0.322. The quantitative estimate of drug-likeness (QED) is 0.785. The highest BCUT2D eigenvalue weighted by molar-refractivity contribution is 7.89. The van der Waals surface area contributed by atoms with Crippen molar-refractivity contribution in [3.8, 4) is 0 Å². The molecule has 1 rings (SSSR count). The molecule has 1 heterocycles. The average Bonchev–Trinajstić information content (AvgIpc) is 2.39. The van der Waals surface area contributed by atoms with Gasteiger partial charge in [-0.3, -0.25) is 4.98 Å². The zero-order chi connectivity index (χ0) is 13.6. The van der Waals surface area contributed by atoms with E-state index in [0.717, 1.165) is 12.8 Å². The number of nitrogens with one attached hydrogen (secondary N) is 1. The Morgan fingerprint density at radius 3 is 2.56 bits per heavy atom. The van der Waals surface area contributed by atoms with Crippen molar-refractivity contribution < 1.29 is 8.42 Å². The maximum Gasteiger partial charge on any atom is 0.242 e. The fourth-order valence-electron chi connectivity index (χ4n) is 1.75. The van der Waals surface area contributed by atoms with Crippen molar-refractivity contribution in [2.75, 3.05) is 6.54 Å². The number of nitrogens with zero attached hydrogens (tertiary/aromatic N) is 1. The van der Waals surface area contributed by atoms with Crippen LogP contribution in [-0.2, 0) is 10.0 Å². The summed E-state index contributed by atoms with van der Waals surface area (Å²) in [6.07, 6.45) is 4.74. The number of pyridine rings is 1. The minimum absolute atomic E-state index is 0.165. The molecular formula is C12H19ClN2O2S. The molecule has 0 aliphatic rings. The second-order valence-electron chi connectivity index (χ2n) is 4.13. The summed E-state index contributed by atoms with van der Waals surface area (Å²) >= 11 is 6.20. The monoisotopic (exact) mass is 290 g/mol. The molecule has 6 heteroatoms. The van der Waals surface area contributed by atoms with Gasteiger partial charge in [0.05, 0.1) is 0 Å². The van der Waals surface area contributed by atoms with Crippen LogP contribution >= 0.6 is 11.6 Å². The largest absolute Gasteiger partial charge is 0.263 e. The van der Waals surface area contributed by atoms with Crippen LogP contribution in [0.3, 0.4) is 0 Å². The van der Waals surface area contributed by atoms with Crippen molar-refractivity contribution in [2.45, 2.75) is 37.0 Å². The van der Waals surface area contributed by atoms with Gasteiger partial charge in [0.2, 0.25) is 10.0 Å². The lowest BCUT2D eigenvalue weighted by atomic mass is 9.99. The van der Waals surface area contributed by atoms with E-state index in [1.54, 1.807) is 6.07 Å². The molecule has 1 atom stereocenters. The first-order valence-corrected chi connectivity index (χ1v) is 7.97. The molecule has 1 N–H and O–H groups in total. The van der Waals surface area contributed by atoms with Gasteiger partial charge in [-0.05, 0) is 18.1 Å². The number of halogens is 1. The van der Waals surface area contributed by atoms with Gasteiger partial charge in [-0.1, -0.05) is 26.7 Å². The first kappa shape index (κ1) is 15.4. The molecule has 0 aromatic carbocycles. The van der Waals surface area contributed by atoms with Crippen LogP contribution in [0.2, 0.25) is 0 Å². The first-order chi connectivity index (χ1) is 8.51. The van der Waals surface area contributed by atoms with E-state index in [9.17, 15) is 8.42 Å². The molecule has 18 heavy (non-hydrogen) atoms. The summed E-state index contributed by atoms with van der Waals surface area (Å²) in [5, 5.41) is -0.188. The minimum Gasteiger partial charge on any atom is -0.263 e. The van der Waals surface area contributed by atoms with E-state index < -0.39 is 10.0 Å². The molecule has 0 spiro atoms. The number of sulfonamides is 1. The molecule has 0 fully saturated rings. The van der Waals surface area contributed by atoms with Gasteiger partial charge in [-0.2, -0.15) is 0 Å². The van der Waals surface area contributed by atoms with E-state index in [0.29, 0.717) is 5.92 Å². The SMILES string of the molecule is CCC(CC)C(Cl)CNS(=O)(=O)c1cccnc1. The van der Waals surface area contributed by atoms with Crippen LogP contribution in [0.25, 0.3) is 0 Å². The van der Waals surface area contributed by atoms with Gasteiger partial charge in [0.1, 0.15) is 4.90 Å². The summed E-state index contributed by atoms with van der Waals surface area (Å²) < 4.78 is 26.4. The number of hydrogen-bond donors (Lipinski definition) is 1. The molecule has 0 bridgehead atoms. The third kappa shape index (κ3) is 4.23. The van der Waals surface area contributed by atoms with E-state index in [1.165, 1.54) is 18.5 Å². The molecule has 4 nitrogen and oxygen atoms in total. The Bertz CT molecular complexity index is 446. The van der Waals surface area contributed by atoms with E-state index in [1.807, 2.05) is 0 Å².